The minimum atomic E-state index is 0.557. The molecule has 0 bridgehead atoms. The average Bonchev–Trinajstić information content (AvgIpc) is 2.56. The third-order valence-corrected chi connectivity index (χ3v) is 4.71. The smallest absolute Gasteiger partial charge is 0.0494 e. The summed E-state index contributed by atoms with van der Waals surface area (Å²) in [6.45, 7) is 4.13. The number of para-hydroxylation sites is 1. The van der Waals surface area contributed by atoms with Gasteiger partial charge in [-0.15, -0.1) is 11.6 Å². The minimum Gasteiger partial charge on any atom is -0.368 e. The zero-order chi connectivity index (χ0) is 14.7. The Morgan fingerprint density at radius 3 is 2.24 bits per heavy atom. The van der Waals surface area contributed by atoms with Crippen molar-refractivity contribution in [2.24, 2.45) is 0 Å². The highest BCUT2D eigenvalue weighted by atomic mass is 79.9. The first-order chi connectivity index (χ1) is 10.3. The second-order valence-corrected chi connectivity index (χ2v) is 6.40. The Balaban J connectivity index is 1.73. The predicted molar refractivity (Wildman–Crippen MR) is 94.6 cm³/mol. The van der Waals surface area contributed by atoms with Crippen LogP contribution in [0.25, 0.3) is 0 Å². The van der Waals surface area contributed by atoms with Crippen LogP contribution in [0.3, 0.4) is 0 Å². The first-order valence-corrected chi connectivity index (χ1v) is 8.50. The molecule has 0 amide bonds. The number of hydrogen-bond acceptors (Lipinski definition) is 2. The van der Waals surface area contributed by atoms with E-state index in [-0.39, 0.29) is 0 Å². The van der Waals surface area contributed by atoms with Crippen molar-refractivity contribution in [3.05, 3.63) is 58.6 Å². The molecule has 1 aliphatic rings. The van der Waals surface area contributed by atoms with Crippen LogP contribution in [-0.4, -0.2) is 26.2 Å². The van der Waals surface area contributed by atoms with Crippen molar-refractivity contribution in [3.8, 4) is 0 Å². The van der Waals surface area contributed by atoms with Gasteiger partial charge >= 0.3 is 0 Å². The van der Waals surface area contributed by atoms with Crippen molar-refractivity contribution >= 4 is 38.9 Å². The van der Waals surface area contributed by atoms with Gasteiger partial charge in [0.05, 0.1) is 0 Å². The van der Waals surface area contributed by atoms with E-state index >= 15 is 0 Å². The summed E-state index contributed by atoms with van der Waals surface area (Å²) in [7, 11) is 0. The van der Waals surface area contributed by atoms with Crippen LogP contribution in [0, 0.1) is 0 Å². The van der Waals surface area contributed by atoms with Gasteiger partial charge in [-0.2, -0.15) is 0 Å². The summed E-state index contributed by atoms with van der Waals surface area (Å²) >= 11 is 9.64. The highest BCUT2D eigenvalue weighted by Crippen LogP contribution is 2.28. The van der Waals surface area contributed by atoms with Crippen LogP contribution >= 0.6 is 27.5 Å². The number of hydrogen-bond donors (Lipinski definition) is 0. The molecular formula is C17H18BrClN2. The van der Waals surface area contributed by atoms with E-state index in [1.165, 1.54) is 16.9 Å². The normalized spacial score (nSPS) is 15.3. The fourth-order valence-electron chi connectivity index (χ4n) is 2.79. The molecule has 0 atom stereocenters. The van der Waals surface area contributed by atoms with Crippen LogP contribution in [0.4, 0.5) is 11.4 Å². The zero-order valence-corrected chi connectivity index (χ0v) is 14.1. The highest BCUT2D eigenvalue weighted by molar-refractivity contribution is 9.10. The van der Waals surface area contributed by atoms with Gasteiger partial charge in [-0.3, -0.25) is 0 Å². The maximum atomic E-state index is 6.08. The van der Waals surface area contributed by atoms with Crippen LogP contribution in [0.5, 0.6) is 0 Å². The molecule has 1 heterocycles. The van der Waals surface area contributed by atoms with Gasteiger partial charge in [0.2, 0.25) is 0 Å². The molecular weight excluding hydrogens is 348 g/mol. The predicted octanol–water partition coefficient (Wildman–Crippen LogP) is 4.51. The number of anilines is 2. The molecule has 2 aromatic rings. The maximum absolute atomic E-state index is 6.08. The molecule has 0 radical (unpaired) electrons. The standard InChI is InChI=1S/C17H18BrClN2/c18-15-7-6-14(13-19)17(12-15)21-10-8-20(9-11-21)16-4-2-1-3-5-16/h1-7,12H,8-11,13H2. The Bertz CT molecular complexity index is 595. The number of benzene rings is 2. The maximum Gasteiger partial charge on any atom is 0.0494 e. The molecule has 0 spiro atoms. The summed E-state index contributed by atoms with van der Waals surface area (Å²) in [4.78, 5) is 4.87. The molecule has 2 aromatic carbocycles. The molecule has 110 valence electrons. The van der Waals surface area contributed by atoms with E-state index in [0.29, 0.717) is 5.88 Å². The monoisotopic (exact) mass is 364 g/mol. The van der Waals surface area contributed by atoms with Gasteiger partial charge in [0.15, 0.2) is 0 Å². The zero-order valence-electron chi connectivity index (χ0n) is 11.8. The van der Waals surface area contributed by atoms with E-state index in [1.54, 1.807) is 0 Å². The molecule has 0 N–H and O–H groups in total. The van der Waals surface area contributed by atoms with Gasteiger partial charge in [-0.1, -0.05) is 40.2 Å². The topological polar surface area (TPSA) is 6.48 Å². The molecule has 0 saturated carbocycles. The molecule has 0 aromatic heterocycles. The van der Waals surface area contributed by atoms with E-state index in [2.05, 4.69) is 74.3 Å². The second-order valence-electron chi connectivity index (χ2n) is 5.22. The number of piperazine rings is 1. The first kappa shape index (κ1) is 14.7. The van der Waals surface area contributed by atoms with Crippen molar-refractivity contribution in [1.82, 2.24) is 0 Å². The van der Waals surface area contributed by atoms with Crippen molar-refractivity contribution in [2.75, 3.05) is 36.0 Å². The Hall–Kier alpha value is -1.19. The van der Waals surface area contributed by atoms with E-state index < -0.39 is 0 Å². The fourth-order valence-corrected chi connectivity index (χ4v) is 3.36. The SMILES string of the molecule is ClCc1ccc(Br)cc1N1CCN(c2ccccc2)CC1. The summed E-state index contributed by atoms with van der Waals surface area (Å²) in [5.41, 5.74) is 3.77. The Kier molecular flexibility index (Phi) is 4.71. The molecule has 1 aliphatic heterocycles. The highest BCUT2D eigenvalue weighted by Gasteiger charge is 2.19. The lowest BCUT2D eigenvalue weighted by Crippen LogP contribution is -2.46. The Labute approximate surface area is 139 Å². The lowest BCUT2D eigenvalue weighted by Gasteiger charge is -2.38. The number of halogens is 2. The van der Waals surface area contributed by atoms with E-state index in [9.17, 15) is 0 Å². The molecule has 0 unspecified atom stereocenters. The van der Waals surface area contributed by atoms with Crippen LogP contribution in [0.15, 0.2) is 53.0 Å². The van der Waals surface area contributed by atoms with Crippen LogP contribution in [-0.2, 0) is 5.88 Å². The second kappa shape index (κ2) is 6.71. The van der Waals surface area contributed by atoms with Crippen LogP contribution < -0.4 is 9.80 Å². The van der Waals surface area contributed by atoms with Crippen molar-refractivity contribution < 1.29 is 0 Å². The van der Waals surface area contributed by atoms with Crippen molar-refractivity contribution in [2.45, 2.75) is 5.88 Å². The summed E-state index contributed by atoms with van der Waals surface area (Å²) < 4.78 is 1.11. The van der Waals surface area contributed by atoms with Gasteiger partial charge in [-0.25, -0.2) is 0 Å². The van der Waals surface area contributed by atoms with Crippen LogP contribution in [0.2, 0.25) is 0 Å². The minimum absolute atomic E-state index is 0.557. The van der Waals surface area contributed by atoms with Crippen molar-refractivity contribution in [1.29, 1.82) is 0 Å². The van der Waals surface area contributed by atoms with Gasteiger partial charge in [-0.05, 0) is 29.8 Å². The number of nitrogens with zero attached hydrogens (tertiary/aromatic N) is 2. The lowest BCUT2D eigenvalue weighted by molar-refractivity contribution is 0.652. The third-order valence-electron chi connectivity index (χ3n) is 3.93. The van der Waals surface area contributed by atoms with Crippen molar-refractivity contribution in [3.63, 3.8) is 0 Å². The summed E-state index contributed by atoms with van der Waals surface area (Å²) in [5.74, 6) is 0.557. The molecule has 1 fully saturated rings. The van der Waals surface area contributed by atoms with Gasteiger partial charge in [0, 0.05) is 47.9 Å². The molecule has 4 heteroatoms. The fraction of sp³-hybridized carbons (Fsp3) is 0.294. The Morgan fingerprint density at radius 1 is 0.905 bits per heavy atom. The largest absolute Gasteiger partial charge is 0.368 e. The lowest BCUT2D eigenvalue weighted by atomic mass is 10.1. The number of rotatable bonds is 3. The Morgan fingerprint density at radius 2 is 1.57 bits per heavy atom. The molecule has 3 rings (SSSR count). The van der Waals surface area contributed by atoms with Gasteiger partial charge in [0.25, 0.3) is 0 Å². The number of alkyl halides is 1. The van der Waals surface area contributed by atoms with Crippen LogP contribution in [0.1, 0.15) is 5.56 Å². The summed E-state index contributed by atoms with van der Waals surface area (Å²) in [6.07, 6.45) is 0. The third kappa shape index (κ3) is 3.35. The summed E-state index contributed by atoms with van der Waals surface area (Å²) in [6, 6.07) is 17.0. The van der Waals surface area contributed by atoms with Gasteiger partial charge < -0.3 is 9.80 Å². The van der Waals surface area contributed by atoms with E-state index in [1.807, 2.05) is 0 Å². The molecule has 2 nitrogen and oxygen atoms in total. The molecule has 1 saturated heterocycles. The quantitative estimate of drug-likeness (QED) is 0.738. The molecule has 0 aliphatic carbocycles. The first-order valence-electron chi connectivity index (χ1n) is 7.17. The van der Waals surface area contributed by atoms with E-state index in [4.69, 9.17) is 11.6 Å². The average molecular weight is 366 g/mol. The summed E-state index contributed by atoms with van der Waals surface area (Å²) in [5, 5.41) is 0. The van der Waals surface area contributed by atoms with E-state index in [0.717, 1.165) is 30.7 Å². The van der Waals surface area contributed by atoms with Gasteiger partial charge in [0.1, 0.15) is 0 Å². The molecule has 21 heavy (non-hydrogen) atoms.